The molecule has 0 saturated heterocycles. The van der Waals surface area contributed by atoms with E-state index in [-0.39, 0.29) is 18.1 Å². The SMILES string of the molecule is CCOc1ccc(C(=O)COc2cc(F)cc(F)c2)cc1. The Morgan fingerprint density at radius 2 is 1.57 bits per heavy atom. The van der Waals surface area contributed by atoms with E-state index in [0.717, 1.165) is 18.2 Å². The molecule has 0 aliphatic rings. The van der Waals surface area contributed by atoms with Crippen molar-refractivity contribution in [3.05, 3.63) is 59.7 Å². The van der Waals surface area contributed by atoms with Gasteiger partial charge in [0, 0.05) is 23.8 Å². The van der Waals surface area contributed by atoms with Crippen molar-refractivity contribution in [2.75, 3.05) is 13.2 Å². The molecule has 0 N–H and O–H groups in total. The van der Waals surface area contributed by atoms with Crippen molar-refractivity contribution in [3.8, 4) is 11.5 Å². The molecule has 0 heterocycles. The molecule has 0 bridgehead atoms. The molecule has 0 atom stereocenters. The Morgan fingerprint density at radius 3 is 2.14 bits per heavy atom. The Balaban J connectivity index is 1.97. The van der Waals surface area contributed by atoms with E-state index in [0.29, 0.717) is 17.9 Å². The first-order chi connectivity index (χ1) is 10.1. The fourth-order valence-electron chi connectivity index (χ4n) is 1.75. The minimum atomic E-state index is -0.751. The predicted octanol–water partition coefficient (Wildman–Crippen LogP) is 3.63. The number of hydrogen-bond donors (Lipinski definition) is 0. The molecule has 0 saturated carbocycles. The molecule has 0 unspecified atom stereocenters. The summed E-state index contributed by atoms with van der Waals surface area (Å²) in [6.07, 6.45) is 0. The van der Waals surface area contributed by atoms with Crippen molar-refractivity contribution < 1.29 is 23.0 Å². The summed E-state index contributed by atoms with van der Waals surface area (Å²) in [4.78, 5) is 11.9. The molecule has 0 amide bonds. The molecule has 2 rings (SSSR count). The summed E-state index contributed by atoms with van der Waals surface area (Å²) < 4.78 is 36.3. The molecule has 2 aromatic carbocycles. The lowest BCUT2D eigenvalue weighted by atomic mass is 10.1. The molecule has 0 spiro atoms. The van der Waals surface area contributed by atoms with Gasteiger partial charge in [0.25, 0.3) is 0 Å². The maximum Gasteiger partial charge on any atom is 0.200 e. The Hall–Kier alpha value is -2.43. The van der Waals surface area contributed by atoms with E-state index in [1.165, 1.54) is 0 Å². The van der Waals surface area contributed by atoms with Gasteiger partial charge in [-0.25, -0.2) is 8.78 Å². The van der Waals surface area contributed by atoms with Crippen LogP contribution in [0.4, 0.5) is 8.78 Å². The molecule has 3 nitrogen and oxygen atoms in total. The van der Waals surface area contributed by atoms with E-state index in [9.17, 15) is 13.6 Å². The lowest BCUT2D eigenvalue weighted by Gasteiger charge is -2.07. The molecule has 110 valence electrons. The first-order valence-corrected chi connectivity index (χ1v) is 6.43. The fourth-order valence-corrected chi connectivity index (χ4v) is 1.75. The van der Waals surface area contributed by atoms with E-state index in [2.05, 4.69) is 0 Å². The van der Waals surface area contributed by atoms with Crippen molar-refractivity contribution in [1.82, 2.24) is 0 Å². The third kappa shape index (κ3) is 4.27. The normalized spacial score (nSPS) is 10.2. The molecule has 0 fully saturated rings. The van der Waals surface area contributed by atoms with Crippen LogP contribution in [0.1, 0.15) is 17.3 Å². The zero-order valence-corrected chi connectivity index (χ0v) is 11.4. The second kappa shape index (κ2) is 6.83. The number of ketones is 1. The Kier molecular flexibility index (Phi) is 4.87. The number of ether oxygens (including phenoxy) is 2. The number of halogens is 2. The molecule has 2 aromatic rings. The van der Waals surface area contributed by atoms with E-state index >= 15 is 0 Å². The predicted molar refractivity (Wildman–Crippen MR) is 73.8 cm³/mol. The molecule has 0 aliphatic carbocycles. The van der Waals surface area contributed by atoms with Crippen LogP contribution in [-0.4, -0.2) is 19.0 Å². The van der Waals surface area contributed by atoms with Crippen molar-refractivity contribution in [3.63, 3.8) is 0 Å². The Labute approximate surface area is 121 Å². The van der Waals surface area contributed by atoms with Gasteiger partial charge in [0.2, 0.25) is 0 Å². The van der Waals surface area contributed by atoms with Crippen LogP contribution in [0, 0.1) is 11.6 Å². The molecular formula is C16H14F2O3. The highest BCUT2D eigenvalue weighted by atomic mass is 19.1. The smallest absolute Gasteiger partial charge is 0.200 e. The first-order valence-electron chi connectivity index (χ1n) is 6.43. The van der Waals surface area contributed by atoms with Gasteiger partial charge in [0.05, 0.1) is 6.61 Å². The van der Waals surface area contributed by atoms with Gasteiger partial charge >= 0.3 is 0 Å². The second-order valence-electron chi connectivity index (χ2n) is 4.27. The minimum absolute atomic E-state index is 0.0215. The summed E-state index contributed by atoms with van der Waals surface area (Å²) in [6.45, 7) is 2.11. The van der Waals surface area contributed by atoms with E-state index in [1.54, 1.807) is 24.3 Å². The first kappa shape index (κ1) is 15.0. The lowest BCUT2D eigenvalue weighted by molar-refractivity contribution is 0.0921. The number of rotatable bonds is 6. The van der Waals surface area contributed by atoms with Crippen molar-refractivity contribution in [1.29, 1.82) is 0 Å². The molecule has 0 aliphatic heterocycles. The van der Waals surface area contributed by atoms with Gasteiger partial charge in [-0.2, -0.15) is 0 Å². The van der Waals surface area contributed by atoms with Gasteiger partial charge in [-0.05, 0) is 31.2 Å². The van der Waals surface area contributed by atoms with E-state index in [1.807, 2.05) is 6.92 Å². The van der Waals surface area contributed by atoms with Crippen LogP contribution in [0.2, 0.25) is 0 Å². The maximum atomic E-state index is 13.0. The molecule has 0 radical (unpaired) electrons. The summed E-state index contributed by atoms with van der Waals surface area (Å²) in [5, 5.41) is 0. The van der Waals surface area contributed by atoms with Gasteiger partial charge < -0.3 is 9.47 Å². The average molecular weight is 292 g/mol. The average Bonchev–Trinajstić information content (AvgIpc) is 2.45. The quantitative estimate of drug-likeness (QED) is 0.763. The largest absolute Gasteiger partial charge is 0.494 e. The van der Waals surface area contributed by atoms with Crippen LogP contribution in [0.15, 0.2) is 42.5 Å². The monoisotopic (exact) mass is 292 g/mol. The van der Waals surface area contributed by atoms with Gasteiger partial charge in [0.15, 0.2) is 12.4 Å². The maximum absolute atomic E-state index is 13.0. The molecule has 5 heteroatoms. The highest BCUT2D eigenvalue weighted by molar-refractivity contribution is 5.97. The number of carbonyl (C=O) groups excluding carboxylic acids is 1. The summed E-state index contributed by atoms with van der Waals surface area (Å²) >= 11 is 0. The van der Waals surface area contributed by atoms with E-state index in [4.69, 9.17) is 9.47 Å². The number of hydrogen-bond acceptors (Lipinski definition) is 3. The van der Waals surface area contributed by atoms with Gasteiger partial charge in [-0.1, -0.05) is 0 Å². The van der Waals surface area contributed by atoms with Crippen LogP contribution < -0.4 is 9.47 Å². The van der Waals surface area contributed by atoms with Gasteiger partial charge in [-0.15, -0.1) is 0 Å². The summed E-state index contributed by atoms with van der Waals surface area (Å²) in [6, 6.07) is 9.37. The van der Waals surface area contributed by atoms with Gasteiger partial charge in [-0.3, -0.25) is 4.79 Å². The number of benzene rings is 2. The number of Topliss-reactive ketones (excluding diaryl/α,β-unsaturated/α-hetero) is 1. The Morgan fingerprint density at radius 1 is 0.952 bits per heavy atom. The highest BCUT2D eigenvalue weighted by Gasteiger charge is 2.08. The zero-order chi connectivity index (χ0) is 15.2. The summed E-state index contributed by atoms with van der Waals surface area (Å²) in [5.41, 5.74) is 0.440. The third-order valence-corrected chi connectivity index (χ3v) is 2.69. The van der Waals surface area contributed by atoms with Gasteiger partial charge in [0.1, 0.15) is 23.1 Å². The standard InChI is InChI=1S/C16H14F2O3/c1-2-20-14-5-3-11(4-6-14)16(19)10-21-15-8-12(17)7-13(18)9-15/h3-9H,2,10H2,1H3. The zero-order valence-electron chi connectivity index (χ0n) is 11.4. The minimum Gasteiger partial charge on any atom is -0.494 e. The van der Waals surface area contributed by atoms with Crippen LogP contribution in [-0.2, 0) is 0 Å². The van der Waals surface area contributed by atoms with E-state index < -0.39 is 11.6 Å². The fraction of sp³-hybridized carbons (Fsp3) is 0.188. The molecule has 21 heavy (non-hydrogen) atoms. The third-order valence-electron chi connectivity index (χ3n) is 2.69. The van der Waals surface area contributed by atoms with Crippen molar-refractivity contribution >= 4 is 5.78 Å². The molecule has 0 aromatic heterocycles. The lowest BCUT2D eigenvalue weighted by Crippen LogP contribution is -2.11. The summed E-state index contributed by atoms with van der Waals surface area (Å²) in [5.74, 6) is -1.14. The van der Waals surface area contributed by atoms with Crippen molar-refractivity contribution in [2.45, 2.75) is 6.92 Å². The Bertz CT molecular complexity index is 604. The number of carbonyl (C=O) groups is 1. The van der Waals surface area contributed by atoms with Crippen LogP contribution in [0.25, 0.3) is 0 Å². The van der Waals surface area contributed by atoms with Crippen LogP contribution in [0.3, 0.4) is 0 Å². The second-order valence-corrected chi connectivity index (χ2v) is 4.27. The summed E-state index contributed by atoms with van der Waals surface area (Å²) in [7, 11) is 0. The van der Waals surface area contributed by atoms with Crippen molar-refractivity contribution in [2.24, 2.45) is 0 Å². The van der Waals surface area contributed by atoms with Crippen LogP contribution in [0.5, 0.6) is 11.5 Å². The topological polar surface area (TPSA) is 35.5 Å². The van der Waals surface area contributed by atoms with Crippen LogP contribution >= 0.6 is 0 Å². The molecular weight excluding hydrogens is 278 g/mol. The highest BCUT2D eigenvalue weighted by Crippen LogP contribution is 2.16.